The van der Waals surface area contributed by atoms with E-state index in [1.165, 1.54) is 36.1 Å². The average molecular weight is 408 g/mol. The molecule has 0 aromatic heterocycles. The van der Waals surface area contributed by atoms with Gasteiger partial charge in [0.1, 0.15) is 0 Å². The number of likely N-dealkylation sites (tertiary alicyclic amines) is 1. The van der Waals surface area contributed by atoms with Crippen LogP contribution in [-0.4, -0.2) is 46.8 Å². The van der Waals surface area contributed by atoms with E-state index in [1.807, 2.05) is 11.9 Å². The number of likely N-dealkylation sites (N-methyl/N-ethyl adjacent to an activating group) is 1. The third kappa shape index (κ3) is 3.49. The van der Waals surface area contributed by atoms with E-state index in [2.05, 4.69) is 43.0 Å². The Morgan fingerprint density at radius 2 is 1.77 bits per heavy atom. The van der Waals surface area contributed by atoms with Crippen molar-refractivity contribution in [3.63, 3.8) is 0 Å². The van der Waals surface area contributed by atoms with Crippen LogP contribution in [0.25, 0.3) is 0 Å². The zero-order chi connectivity index (χ0) is 21.5. The maximum atomic E-state index is 13.3. The number of carbonyl (C=O) groups excluding carboxylic acids is 1. The summed E-state index contributed by atoms with van der Waals surface area (Å²) in [5.41, 5.74) is 3.33. The lowest BCUT2D eigenvalue weighted by Gasteiger charge is -2.41. The molecule has 1 aliphatic carbocycles. The van der Waals surface area contributed by atoms with Crippen LogP contribution in [0.1, 0.15) is 49.4 Å². The second-order valence-corrected chi connectivity index (χ2v) is 9.05. The molecule has 1 fully saturated rings. The minimum absolute atomic E-state index is 0.0403. The predicted octanol–water partition coefficient (Wildman–Crippen LogP) is 4.09. The third-order valence-electron chi connectivity index (χ3n) is 6.86. The van der Waals surface area contributed by atoms with E-state index < -0.39 is 4.92 Å². The molecule has 2 unspecified atom stereocenters. The number of rotatable bonds is 5. The first-order valence-corrected chi connectivity index (χ1v) is 10.6. The molecular weight excluding hydrogens is 378 g/mol. The molecule has 6 nitrogen and oxygen atoms in total. The van der Waals surface area contributed by atoms with Crippen molar-refractivity contribution in [2.45, 2.75) is 50.6 Å². The zero-order valence-electron chi connectivity index (χ0n) is 17.9. The Kier molecular flexibility index (Phi) is 5.36. The van der Waals surface area contributed by atoms with Crippen molar-refractivity contribution >= 4 is 11.6 Å². The largest absolute Gasteiger partial charge is 0.340 e. The maximum absolute atomic E-state index is 13.3. The van der Waals surface area contributed by atoms with Crippen molar-refractivity contribution in [2.24, 2.45) is 0 Å². The lowest BCUT2D eigenvalue weighted by molar-refractivity contribution is -0.384. The first-order chi connectivity index (χ1) is 14.3. The SMILES string of the molecule is CN(C(=O)Cc1ccc([N+](=O)[O-])cc1)C1C(N2CCCC2)c2ccccc2C1(C)C. The van der Waals surface area contributed by atoms with E-state index in [-0.39, 0.29) is 35.5 Å². The third-order valence-corrected chi connectivity index (χ3v) is 6.86. The van der Waals surface area contributed by atoms with E-state index in [1.54, 1.807) is 12.1 Å². The normalized spacial score (nSPS) is 22.6. The van der Waals surface area contributed by atoms with Crippen LogP contribution in [0.2, 0.25) is 0 Å². The Bertz CT molecular complexity index is 948. The van der Waals surface area contributed by atoms with Crippen LogP contribution in [-0.2, 0) is 16.6 Å². The molecule has 0 bridgehead atoms. The first-order valence-electron chi connectivity index (χ1n) is 10.6. The van der Waals surface area contributed by atoms with Gasteiger partial charge in [0.25, 0.3) is 5.69 Å². The molecule has 1 aliphatic heterocycles. The van der Waals surface area contributed by atoms with Crippen LogP contribution < -0.4 is 0 Å². The highest BCUT2D eigenvalue weighted by molar-refractivity contribution is 5.79. The molecule has 0 radical (unpaired) electrons. The number of nitro groups is 1. The predicted molar refractivity (Wildman–Crippen MR) is 116 cm³/mol. The summed E-state index contributed by atoms with van der Waals surface area (Å²) in [7, 11) is 1.91. The fourth-order valence-corrected chi connectivity index (χ4v) is 5.37. The van der Waals surface area contributed by atoms with Crippen LogP contribution in [0.4, 0.5) is 5.69 Å². The Morgan fingerprint density at radius 3 is 2.40 bits per heavy atom. The van der Waals surface area contributed by atoms with E-state index in [9.17, 15) is 14.9 Å². The smallest absolute Gasteiger partial charge is 0.269 e. The van der Waals surface area contributed by atoms with Crippen molar-refractivity contribution in [1.29, 1.82) is 0 Å². The molecule has 30 heavy (non-hydrogen) atoms. The summed E-state index contributed by atoms with van der Waals surface area (Å²) >= 11 is 0. The Balaban J connectivity index is 1.61. The van der Waals surface area contributed by atoms with Crippen molar-refractivity contribution in [2.75, 3.05) is 20.1 Å². The Morgan fingerprint density at radius 1 is 1.13 bits per heavy atom. The molecule has 2 aromatic rings. The number of benzene rings is 2. The number of carbonyl (C=O) groups is 1. The highest BCUT2D eigenvalue weighted by Crippen LogP contribution is 2.50. The molecule has 1 heterocycles. The van der Waals surface area contributed by atoms with Gasteiger partial charge in [0.15, 0.2) is 0 Å². The zero-order valence-corrected chi connectivity index (χ0v) is 17.9. The van der Waals surface area contributed by atoms with Crippen LogP contribution in [0, 0.1) is 10.1 Å². The van der Waals surface area contributed by atoms with Gasteiger partial charge in [-0.05, 0) is 42.6 Å². The van der Waals surface area contributed by atoms with Gasteiger partial charge >= 0.3 is 0 Å². The fourth-order valence-electron chi connectivity index (χ4n) is 5.37. The minimum atomic E-state index is -0.420. The summed E-state index contributed by atoms with van der Waals surface area (Å²) in [5.74, 6) is 0.0407. The number of nitrogens with zero attached hydrogens (tertiary/aromatic N) is 3. The molecule has 2 atom stereocenters. The summed E-state index contributed by atoms with van der Waals surface area (Å²) < 4.78 is 0. The van der Waals surface area contributed by atoms with Crippen molar-refractivity contribution in [3.8, 4) is 0 Å². The summed E-state index contributed by atoms with van der Waals surface area (Å²) in [6, 6.07) is 15.1. The second-order valence-electron chi connectivity index (χ2n) is 9.05. The lowest BCUT2D eigenvalue weighted by atomic mass is 9.81. The van der Waals surface area contributed by atoms with Crippen LogP contribution in [0.3, 0.4) is 0 Å². The molecule has 0 saturated carbocycles. The topological polar surface area (TPSA) is 66.7 Å². The number of nitro benzene ring substituents is 1. The number of fused-ring (bicyclic) bond motifs is 1. The Labute approximate surface area is 177 Å². The highest BCUT2D eigenvalue weighted by Gasteiger charge is 2.51. The van der Waals surface area contributed by atoms with Gasteiger partial charge in [0.2, 0.25) is 5.91 Å². The molecule has 1 saturated heterocycles. The molecule has 4 rings (SSSR count). The van der Waals surface area contributed by atoms with Crippen molar-refractivity contribution < 1.29 is 9.72 Å². The van der Waals surface area contributed by atoms with E-state index in [4.69, 9.17) is 0 Å². The maximum Gasteiger partial charge on any atom is 0.269 e. The monoisotopic (exact) mass is 407 g/mol. The first kappa shape index (κ1) is 20.5. The molecule has 1 amide bonds. The van der Waals surface area contributed by atoms with E-state index in [0.717, 1.165) is 18.7 Å². The molecule has 2 aliphatic rings. The van der Waals surface area contributed by atoms with Crippen LogP contribution in [0.15, 0.2) is 48.5 Å². The second kappa shape index (κ2) is 7.84. The lowest BCUT2D eigenvalue weighted by Crippen LogP contribution is -2.51. The van der Waals surface area contributed by atoms with E-state index in [0.29, 0.717) is 0 Å². The van der Waals surface area contributed by atoms with Gasteiger partial charge in [-0.3, -0.25) is 19.8 Å². The van der Waals surface area contributed by atoms with Gasteiger partial charge in [-0.2, -0.15) is 0 Å². The highest BCUT2D eigenvalue weighted by atomic mass is 16.6. The molecular formula is C24H29N3O3. The minimum Gasteiger partial charge on any atom is -0.340 e. The van der Waals surface area contributed by atoms with E-state index >= 15 is 0 Å². The molecule has 0 N–H and O–H groups in total. The van der Waals surface area contributed by atoms with Gasteiger partial charge < -0.3 is 4.90 Å². The number of non-ortho nitro benzene ring substituents is 1. The number of hydrogen-bond acceptors (Lipinski definition) is 4. The average Bonchev–Trinajstić information content (AvgIpc) is 3.33. The van der Waals surface area contributed by atoms with Crippen molar-refractivity contribution in [1.82, 2.24) is 9.80 Å². The van der Waals surface area contributed by atoms with Gasteiger partial charge in [-0.1, -0.05) is 50.2 Å². The van der Waals surface area contributed by atoms with Crippen LogP contribution >= 0.6 is 0 Å². The number of amides is 1. The summed E-state index contributed by atoms with van der Waals surface area (Å²) in [6.45, 7) is 6.61. The van der Waals surface area contributed by atoms with Crippen LogP contribution in [0.5, 0.6) is 0 Å². The summed E-state index contributed by atoms with van der Waals surface area (Å²) in [6.07, 6.45) is 2.64. The molecule has 2 aromatic carbocycles. The summed E-state index contributed by atoms with van der Waals surface area (Å²) in [5, 5.41) is 10.9. The molecule has 0 spiro atoms. The Hall–Kier alpha value is -2.73. The van der Waals surface area contributed by atoms with Gasteiger partial charge in [0.05, 0.1) is 23.4 Å². The fraction of sp³-hybridized carbons (Fsp3) is 0.458. The van der Waals surface area contributed by atoms with Crippen molar-refractivity contribution in [3.05, 3.63) is 75.3 Å². The van der Waals surface area contributed by atoms with Gasteiger partial charge in [0, 0.05) is 24.6 Å². The molecule has 6 heteroatoms. The number of hydrogen-bond donors (Lipinski definition) is 0. The van der Waals surface area contributed by atoms with Gasteiger partial charge in [-0.25, -0.2) is 0 Å². The molecule has 158 valence electrons. The van der Waals surface area contributed by atoms with Gasteiger partial charge in [-0.15, -0.1) is 0 Å². The standard InChI is InChI=1S/C24H29N3O3/c1-24(2)20-9-5-4-8-19(20)22(26-14-6-7-15-26)23(24)25(3)21(28)16-17-10-12-18(13-11-17)27(29)30/h4-5,8-13,22-23H,6-7,14-16H2,1-3H3. The summed E-state index contributed by atoms with van der Waals surface area (Å²) in [4.78, 5) is 28.2. The quantitative estimate of drug-likeness (QED) is 0.553.